The van der Waals surface area contributed by atoms with Crippen LogP contribution < -0.4 is 0 Å². The molecule has 0 heterocycles. The lowest BCUT2D eigenvalue weighted by molar-refractivity contribution is -0.180. The van der Waals surface area contributed by atoms with Gasteiger partial charge >= 0.3 is 6.18 Å². The molecule has 3 atom stereocenters. The van der Waals surface area contributed by atoms with Crippen molar-refractivity contribution in [1.82, 2.24) is 0 Å². The molecule has 1 fully saturated rings. The van der Waals surface area contributed by atoms with Gasteiger partial charge < -0.3 is 0 Å². The number of alkyl halides is 3. The third-order valence-electron chi connectivity index (χ3n) is 2.70. The van der Waals surface area contributed by atoms with Crippen LogP contribution in [0.15, 0.2) is 12.2 Å². The van der Waals surface area contributed by atoms with E-state index in [1.165, 1.54) is 0 Å². The summed E-state index contributed by atoms with van der Waals surface area (Å²) in [6, 6.07) is 0. The highest BCUT2D eigenvalue weighted by atomic mass is 19.4. The van der Waals surface area contributed by atoms with E-state index < -0.39 is 12.1 Å². The van der Waals surface area contributed by atoms with Gasteiger partial charge in [-0.15, -0.1) is 0 Å². The van der Waals surface area contributed by atoms with Gasteiger partial charge in [0.25, 0.3) is 0 Å². The largest absolute Gasteiger partial charge is 0.392 e. The lowest BCUT2D eigenvalue weighted by Gasteiger charge is -2.20. The first-order chi connectivity index (χ1) is 5.07. The van der Waals surface area contributed by atoms with E-state index in [2.05, 4.69) is 0 Å². The van der Waals surface area contributed by atoms with Crippen LogP contribution in [0.5, 0.6) is 0 Å². The minimum Gasteiger partial charge on any atom is -0.171 e. The van der Waals surface area contributed by atoms with Crippen LogP contribution in [0.4, 0.5) is 13.2 Å². The van der Waals surface area contributed by atoms with E-state index >= 15 is 0 Å². The van der Waals surface area contributed by atoms with Crippen molar-refractivity contribution in [2.75, 3.05) is 0 Å². The van der Waals surface area contributed by atoms with Gasteiger partial charge in [0.2, 0.25) is 0 Å². The Hall–Kier alpha value is -0.470. The van der Waals surface area contributed by atoms with Crippen LogP contribution in [0.25, 0.3) is 0 Å². The summed E-state index contributed by atoms with van der Waals surface area (Å²) in [5.74, 6) is -1.04. The Labute approximate surface area is 63.1 Å². The van der Waals surface area contributed by atoms with E-state index in [1.54, 1.807) is 6.08 Å². The van der Waals surface area contributed by atoms with E-state index in [0.29, 0.717) is 6.42 Å². The average Bonchev–Trinajstić information content (AvgIpc) is 2.42. The molecule has 2 aliphatic rings. The normalized spacial score (nSPS) is 41.9. The van der Waals surface area contributed by atoms with Crippen LogP contribution in [-0.2, 0) is 0 Å². The van der Waals surface area contributed by atoms with Gasteiger partial charge in [-0.1, -0.05) is 12.2 Å². The summed E-state index contributed by atoms with van der Waals surface area (Å²) in [6.07, 6.45) is 0.734. The molecule has 0 amide bonds. The summed E-state index contributed by atoms with van der Waals surface area (Å²) < 4.78 is 36.6. The van der Waals surface area contributed by atoms with Gasteiger partial charge in [0.05, 0.1) is 5.92 Å². The molecule has 0 N–H and O–H groups in total. The molecular weight excluding hydrogens is 153 g/mol. The van der Waals surface area contributed by atoms with E-state index in [0.717, 1.165) is 6.42 Å². The maximum absolute atomic E-state index is 12.2. The fourth-order valence-electron chi connectivity index (χ4n) is 2.16. The van der Waals surface area contributed by atoms with E-state index in [-0.39, 0.29) is 11.8 Å². The van der Waals surface area contributed by atoms with Gasteiger partial charge in [-0.3, -0.25) is 0 Å². The fourth-order valence-corrected chi connectivity index (χ4v) is 2.16. The van der Waals surface area contributed by atoms with E-state index in [4.69, 9.17) is 0 Å². The Kier molecular flexibility index (Phi) is 1.32. The molecule has 0 nitrogen and oxygen atoms in total. The maximum Gasteiger partial charge on any atom is 0.392 e. The second-order valence-corrected chi connectivity index (χ2v) is 3.43. The molecule has 0 saturated heterocycles. The van der Waals surface area contributed by atoms with Crippen molar-refractivity contribution in [3.8, 4) is 0 Å². The third-order valence-corrected chi connectivity index (χ3v) is 2.70. The second-order valence-electron chi connectivity index (χ2n) is 3.43. The average molecular weight is 162 g/mol. The van der Waals surface area contributed by atoms with Crippen molar-refractivity contribution in [2.45, 2.75) is 19.0 Å². The standard InChI is InChI=1S/C8H9F3/c9-8(10,11)7-4-5-1-2-6(7)3-5/h1-2,5-7H,3-4H2/t5-,6-,7-/m0/s1. The Morgan fingerprint density at radius 2 is 1.82 bits per heavy atom. The molecule has 11 heavy (non-hydrogen) atoms. The van der Waals surface area contributed by atoms with Crippen LogP contribution in [0.1, 0.15) is 12.8 Å². The van der Waals surface area contributed by atoms with E-state index in [9.17, 15) is 13.2 Å². The summed E-state index contributed by atoms with van der Waals surface area (Å²) >= 11 is 0. The minimum atomic E-state index is -3.97. The summed E-state index contributed by atoms with van der Waals surface area (Å²) in [7, 11) is 0. The van der Waals surface area contributed by atoms with Crippen molar-refractivity contribution >= 4 is 0 Å². The molecule has 62 valence electrons. The summed E-state index contributed by atoms with van der Waals surface area (Å²) in [5, 5.41) is 0. The lowest BCUT2D eigenvalue weighted by Crippen LogP contribution is -2.26. The van der Waals surface area contributed by atoms with Crippen molar-refractivity contribution in [3.63, 3.8) is 0 Å². The zero-order valence-corrected chi connectivity index (χ0v) is 5.93. The molecule has 2 aliphatic carbocycles. The molecule has 0 aromatic carbocycles. The number of halogens is 3. The van der Waals surface area contributed by atoms with Crippen LogP contribution in [0.2, 0.25) is 0 Å². The molecule has 0 aromatic heterocycles. The first kappa shape index (κ1) is 7.19. The molecule has 0 unspecified atom stereocenters. The van der Waals surface area contributed by atoms with Gasteiger partial charge in [0.15, 0.2) is 0 Å². The molecule has 0 aromatic rings. The van der Waals surface area contributed by atoms with Gasteiger partial charge in [-0.2, -0.15) is 13.2 Å². The van der Waals surface area contributed by atoms with Gasteiger partial charge in [0.1, 0.15) is 0 Å². The smallest absolute Gasteiger partial charge is 0.171 e. The zero-order chi connectivity index (χ0) is 8.06. The predicted molar refractivity (Wildman–Crippen MR) is 34.9 cm³/mol. The Bertz CT molecular complexity index is 192. The van der Waals surface area contributed by atoms with Gasteiger partial charge in [-0.05, 0) is 24.7 Å². The molecule has 0 aliphatic heterocycles. The molecule has 0 radical (unpaired) electrons. The zero-order valence-electron chi connectivity index (χ0n) is 5.93. The lowest BCUT2D eigenvalue weighted by atomic mass is 9.93. The summed E-state index contributed by atoms with van der Waals surface area (Å²) in [4.78, 5) is 0. The van der Waals surface area contributed by atoms with Gasteiger partial charge in [-0.25, -0.2) is 0 Å². The van der Waals surface area contributed by atoms with E-state index in [1.807, 2.05) is 6.08 Å². The Morgan fingerprint density at radius 1 is 1.09 bits per heavy atom. The Balaban J connectivity index is 2.15. The SMILES string of the molecule is FC(F)(F)[C@H]1C[C@H]2C=C[C@H]1C2. The molecule has 2 bridgehead atoms. The summed E-state index contributed by atoms with van der Waals surface area (Å²) in [5.41, 5.74) is 0. The van der Waals surface area contributed by atoms with Crippen molar-refractivity contribution in [3.05, 3.63) is 12.2 Å². The fraction of sp³-hybridized carbons (Fsp3) is 0.750. The van der Waals surface area contributed by atoms with Crippen LogP contribution in [0, 0.1) is 17.8 Å². The first-order valence-corrected chi connectivity index (χ1v) is 3.82. The number of rotatable bonds is 0. The maximum atomic E-state index is 12.2. The highest BCUT2D eigenvalue weighted by Crippen LogP contribution is 2.50. The van der Waals surface area contributed by atoms with Crippen LogP contribution >= 0.6 is 0 Å². The second kappa shape index (κ2) is 2.02. The third kappa shape index (κ3) is 1.06. The number of fused-ring (bicyclic) bond motifs is 2. The van der Waals surface area contributed by atoms with Crippen LogP contribution in [0.3, 0.4) is 0 Å². The minimum absolute atomic E-state index is 0.208. The topological polar surface area (TPSA) is 0 Å². The van der Waals surface area contributed by atoms with Gasteiger partial charge in [0, 0.05) is 0 Å². The van der Waals surface area contributed by atoms with Crippen molar-refractivity contribution in [2.24, 2.45) is 17.8 Å². The molecule has 2 rings (SSSR count). The molecule has 1 saturated carbocycles. The summed E-state index contributed by atoms with van der Waals surface area (Å²) in [6.45, 7) is 0. The first-order valence-electron chi connectivity index (χ1n) is 3.82. The molecular formula is C8H9F3. The van der Waals surface area contributed by atoms with Crippen LogP contribution in [-0.4, -0.2) is 6.18 Å². The molecule has 3 heteroatoms. The number of allylic oxidation sites excluding steroid dienone is 2. The van der Waals surface area contributed by atoms with Crippen molar-refractivity contribution in [1.29, 1.82) is 0 Å². The highest BCUT2D eigenvalue weighted by molar-refractivity contribution is 5.11. The number of hydrogen-bond acceptors (Lipinski definition) is 0. The Morgan fingerprint density at radius 3 is 2.09 bits per heavy atom. The number of hydrogen-bond donors (Lipinski definition) is 0. The predicted octanol–water partition coefficient (Wildman–Crippen LogP) is 2.76. The highest BCUT2D eigenvalue weighted by Gasteiger charge is 2.50. The van der Waals surface area contributed by atoms with Crippen molar-refractivity contribution < 1.29 is 13.2 Å². The molecule has 0 spiro atoms. The monoisotopic (exact) mass is 162 g/mol. The quantitative estimate of drug-likeness (QED) is 0.480.